The molecule has 0 atom stereocenters. The van der Waals surface area contributed by atoms with Gasteiger partial charge in [-0.15, -0.1) is 0 Å². The van der Waals surface area contributed by atoms with Gasteiger partial charge < -0.3 is 9.88 Å². The molecule has 0 radical (unpaired) electrons. The highest BCUT2D eigenvalue weighted by atomic mass is 15.3. The molecule has 1 aliphatic heterocycles. The molecule has 0 aliphatic carbocycles. The van der Waals surface area contributed by atoms with Crippen LogP contribution in [0.3, 0.4) is 0 Å². The second-order valence-electron chi connectivity index (χ2n) is 3.94. The quantitative estimate of drug-likeness (QED) is 0.684. The molecule has 1 N–H and O–H groups in total. The Balaban J connectivity index is 2.39. The topological polar surface area (TPSA) is 29.9 Å². The summed E-state index contributed by atoms with van der Waals surface area (Å²) in [5.74, 6) is 1.02. The molecule has 72 valence electrons. The zero-order chi connectivity index (χ0) is 9.71. The number of anilines is 1. The fraction of sp³-hybridized carbons (Fsp3) is 0.364. The Bertz CT molecular complexity index is 511. The van der Waals surface area contributed by atoms with E-state index in [2.05, 4.69) is 40.8 Å². The van der Waals surface area contributed by atoms with E-state index in [1.807, 2.05) is 0 Å². The maximum absolute atomic E-state index is 4.55. The van der Waals surface area contributed by atoms with Crippen LogP contribution >= 0.6 is 0 Å². The molecular weight excluding hydrogens is 174 g/mol. The van der Waals surface area contributed by atoms with Crippen LogP contribution in [0.1, 0.15) is 11.1 Å². The molecule has 0 spiro atoms. The summed E-state index contributed by atoms with van der Waals surface area (Å²) in [4.78, 5) is 4.55. The highest BCUT2D eigenvalue weighted by molar-refractivity contribution is 5.81. The third-order valence-corrected chi connectivity index (χ3v) is 2.98. The van der Waals surface area contributed by atoms with Crippen molar-refractivity contribution in [3.05, 3.63) is 23.3 Å². The normalized spacial score (nSPS) is 14.4. The van der Waals surface area contributed by atoms with Gasteiger partial charge >= 0.3 is 0 Å². The van der Waals surface area contributed by atoms with Crippen LogP contribution in [-0.4, -0.2) is 16.1 Å². The maximum atomic E-state index is 4.55. The molecule has 1 aliphatic rings. The molecule has 0 unspecified atom stereocenters. The van der Waals surface area contributed by atoms with Gasteiger partial charge in [-0.25, -0.2) is 4.98 Å². The van der Waals surface area contributed by atoms with Crippen molar-refractivity contribution < 1.29 is 0 Å². The average Bonchev–Trinajstić information content (AvgIpc) is 2.68. The number of nitrogens with one attached hydrogen (secondary N) is 1. The Morgan fingerprint density at radius 3 is 2.93 bits per heavy atom. The average molecular weight is 187 g/mol. The molecule has 0 saturated heterocycles. The lowest BCUT2D eigenvalue weighted by atomic mass is 10.1. The van der Waals surface area contributed by atoms with Crippen LogP contribution in [0.25, 0.3) is 11.0 Å². The van der Waals surface area contributed by atoms with Crippen molar-refractivity contribution in [1.29, 1.82) is 0 Å². The van der Waals surface area contributed by atoms with Gasteiger partial charge in [0.15, 0.2) is 0 Å². The Morgan fingerprint density at radius 2 is 2.07 bits per heavy atom. The minimum absolute atomic E-state index is 1.01. The van der Waals surface area contributed by atoms with E-state index in [9.17, 15) is 0 Å². The molecule has 3 rings (SSSR count). The lowest BCUT2D eigenvalue weighted by molar-refractivity contribution is 0.837. The van der Waals surface area contributed by atoms with E-state index in [4.69, 9.17) is 0 Å². The number of imidazole rings is 1. The number of benzene rings is 1. The molecule has 2 heterocycles. The van der Waals surface area contributed by atoms with E-state index in [1.165, 1.54) is 16.6 Å². The third-order valence-electron chi connectivity index (χ3n) is 2.98. The molecular formula is C11H13N3. The highest BCUT2D eigenvalue weighted by Gasteiger charge is 2.15. The summed E-state index contributed by atoms with van der Waals surface area (Å²) in [7, 11) is 0. The Kier molecular flexibility index (Phi) is 1.40. The molecule has 1 aromatic heterocycles. The standard InChI is InChI=1S/C11H13N3/c1-7-5-9-10(6-8(7)2)14-4-3-12-11(14)13-9/h5-6H,3-4H2,1-2H3,(H,12,13). The second-order valence-corrected chi connectivity index (χ2v) is 3.94. The summed E-state index contributed by atoms with van der Waals surface area (Å²) in [5.41, 5.74) is 5.02. The zero-order valence-corrected chi connectivity index (χ0v) is 8.46. The number of hydrogen-bond acceptors (Lipinski definition) is 2. The van der Waals surface area contributed by atoms with E-state index in [1.54, 1.807) is 0 Å². The number of aryl methyl sites for hydroxylation is 2. The number of rotatable bonds is 0. The fourth-order valence-corrected chi connectivity index (χ4v) is 2.02. The number of hydrogen-bond donors (Lipinski definition) is 1. The molecule has 3 heteroatoms. The van der Waals surface area contributed by atoms with Crippen LogP contribution in [0.4, 0.5) is 5.95 Å². The zero-order valence-electron chi connectivity index (χ0n) is 8.46. The van der Waals surface area contributed by atoms with E-state index in [0.29, 0.717) is 0 Å². The molecule has 0 amide bonds. The van der Waals surface area contributed by atoms with Gasteiger partial charge in [-0.05, 0) is 37.1 Å². The summed E-state index contributed by atoms with van der Waals surface area (Å²) in [6, 6.07) is 4.39. The highest BCUT2D eigenvalue weighted by Crippen LogP contribution is 2.25. The molecule has 1 aromatic carbocycles. The maximum Gasteiger partial charge on any atom is 0.204 e. The van der Waals surface area contributed by atoms with Crippen LogP contribution in [-0.2, 0) is 6.54 Å². The summed E-state index contributed by atoms with van der Waals surface area (Å²) < 4.78 is 2.25. The van der Waals surface area contributed by atoms with Gasteiger partial charge in [0.25, 0.3) is 0 Å². The van der Waals surface area contributed by atoms with Crippen LogP contribution in [0.2, 0.25) is 0 Å². The fourth-order valence-electron chi connectivity index (χ4n) is 2.02. The molecule has 2 aromatic rings. The number of nitrogens with zero attached hydrogens (tertiary/aromatic N) is 2. The predicted octanol–water partition coefficient (Wildman–Crippen LogP) is 2.08. The van der Waals surface area contributed by atoms with Gasteiger partial charge in [0, 0.05) is 13.1 Å². The summed E-state index contributed by atoms with van der Waals surface area (Å²) in [6.45, 7) is 6.32. The summed E-state index contributed by atoms with van der Waals surface area (Å²) in [5, 5.41) is 3.28. The largest absolute Gasteiger partial charge is 0.354 e. The Hall–Kier alpha value is -1.51. The summed E-state index contributed by atoms with van der Waals surface area (Å²) in [6.07, 6.45) is 0. The molecule has 3 nitrogen and oxygen atoms in total. The van der Waals surface area contributed by atoms with Crippen molar-refractivity contribution in [2.45, 2.75) is 20.4 Å². The lowest BCUT2D eigenvalue weighted by Crippen LogP contribution is -1.95. The first-order valence-electron chi connectivity index (χ1n) is 4.97. The Morgan fingerprint density at radius 1 is 1.29 bits per heavy atom. The Labute approximate surface area is 82.8 Å². The second kappa shape index (κ2) is 2.50. The van der Waals surface area contributed by atoms with Gasteiger partial charge in [0.05, 0.1) is 11.0 Å². The number of aromatic nitrogens is 2. The molecule has 14 heavy (non-hydrogen) atoms. The predicted molar refractivity (Wildman–Crippen MR) is 57.7 cm³/mol. The van der Waals surface area contributed by atoms with E-state index < -0.39 is 0 Å². The minimum atomic E-state index is 1.01. The number of fused-ring (bicyclic) bond motifs is 3. The van der Waals surface area contributed by atoms with Crippen LogP contribution < -0.4 is 5.32 Å². The first-order chi connectivity index (χ1) is 6.75. The van der Waals surface area contributed by atoms with Gasteiger partial charge in [-0.2, -0.15) is 0 Å². The lowest BCUT2D eigenvalue weighted by Gasteiger charge is -2.01. The summed E-state index contributed by atoms with van der Waals surface area (Å²) >= 11 is 0. The molecule has 0 fully saturated rings. The van der Waals surface area contributed by atoms with Gasteiger partial charge in [-0.3, -0.25) is 0 Å². The van der Waals surface area contributed by atoms with Crippen molar-refractivity contribution >= 4 is 17.0 Å². The van der Waals surface area contributed by atoms with Crippen molar-refractivity contribution in [1.82, 2.24) is 9.55 Å². The van der Waals surface area contributed by atoms with Crippen molar-refractivity contribution in [2.75, 3.05) is 11.9 Å². The van der Waals surface area contributed by atoms with Gasteiger partial charge in [0.2, 0.25) is 5.95 Å². The van der Waals surface area contributed by atoms with E-state index >= 15 is 0 Å². The first kappa shape index (κ1) is 7.85. The minimum Gasteiger partial charge on any atom is -0.354 e. The van der Waals surface area contributed by atoms with Gasteiger partial charge in [-0.1, -0.05) is 0 Å². The first-order valence-corrected chi connectivity index (χ1v) is 4.97. The van der Waals surface area contributed by atoms with Crippen LogP contribution in [0, 0.1) is 13.8 Å². The van der Waals surface area contributed by atoms with E-state index in [0.717, 1.165) is 24.6 Å². The van der Waals surface area contributed by atoms with Crippen LogP contribution in [0.5, 0.6) is 0 Å². The van der Waals surface area contributed by atoms with E-state index in [-0.39, 0.29) is 0 Å². The monoisotopic (exact) mass is 187 g/mol. The third kappa shape index (κ3) is 0.895. The molecule has 0 bridgehead atoms. The van der Waals surface area contributed by atoms with Crippen LogP contribution in [0.15, 0.2) is 12.1 Å². The van der Waals surface area contributed by atoms with Crippen molar-refractivity contribution in [3.63, 3.8) is 0 Å². The SMILES string of the molecule is Cc1cc2nc3n(c2cc1C)CCN3. The van der Waals surface area contributed by atoms with Crippen molar-refractivity contribution in [2.24, 2.45) is 0 Å². The van der Waals surface area contributed by atoms with Crippen molar-refractivity contribution in [3.8, 4) is 0 Å². The smallest absolute Gasteiger partial charge is 0.204 e. The molecule has 0 saturated carbocycles. The van der Waals surface area contributed by atoms with Gasteiger partial charge in [0.1, 0.15) is 0 Å².